The number of aliphatic imine (C=N–C) groups is 2. The number of hydrogen-bond donors (Lipinski definition) is 1. The number of hydrogen-bond acceptors (Lipinski definition) is 4. The maximum absolute atomic E-state index is 6.56. The maximum Gasteiger partial charge on any atom is 0.159 e. The minimum Gasteiger partial charge on any atom is -0.456 e. The molecule has 8 aromatic carbocycles. The van der Waals surface area contributed by atoms with Gasteiger partial charge < -0.3 is 9.73 Å². The topological polar surface area (TPSA) is 49.9 Å². The first kappa shape index (κ1) is 27.6. The van der Waals surface area contributed by atoms with Crippen molar-refractivity contribution in [3.8, 4) is 11.1 Å². The van der Waals surface area contributed by atoms with Crippen LogP contribution in [0, 0.1) is 0 Å². The summed E-state index contributed by atoms with van der Waals surface area (Å²) in [5, 5.41) is 13.2. The standard InChI is InChI=1S/C45H29N3O/c1-2-11-30(12-3-1)43-46-44(35-20-17-28-9-4-5-13-31(28)26-35)48-45(47-43)39-15-8-16-40-42(39)38-24-22-33(27-41(38)49-40)32-21-23-37-34(25-32)19-18-29-10-6-7-14-36(29)37/h1-27,45H,(H,46,47,48). The molecule has 2 heterocycles. The summed E-state index contributed by atoms with van der Waals surface area (Å²) in [6, 6.07) is 57.6. The van der Waals surface area contributed by atoms with Crippen molar-refractivity contribution in [3.63, 3.8) is 0 Å². The van der Waals surface area contributed by atoms with E-state index in [1.807, 2.05) is 24.3 Å². The number of amidine groups is 2. The van der Waals surface area contributed by atoms with Gasteiger partial charge in [0, 0.05) is 27.5 Å². The zero-order valence-electron chi connectivity index (χ0n) is 26.5. The number of nitrogens with zero attached hydrogens (tertiary/aromatic N) is 2. The van der Waals surface area contributed by atoms with Crippen LogP contribution in [0.5, 0.6) is 0 Å². The molecule has 9 aromatic rings. The Kier molecular flexibility index (Phi) is 6.21. The Bertz CT molecular complexity index is 2810. The highest BCUT2D eigenvalue weighted by Crippen LogP contribution is 2.38. The van der Waals surface area contributed by atoms with E-state index < -0.39 is 0 Å². The van der Waals surface area contributed by atoms with Crippen molar-refractivity contribution in [2.24, 2.45) is 9.98 Å². The molecule has 1 aliphatic rings. The van der Waals surface area contributed by atoms with Gasteiger partial charge in [0.2, 0.25) is 0 Å². The average molecular weight is 628 g/mol. The lowest BCUT2D eigenvalue weighted by atomic mass is 9.96. The van der Waals surface area contributed by atoms with Gasteiger partial charge in [0.05, 0.1) is 0 Å². The minimum absolute atomic E-state index is 0.367. The van der Waals surface area contributed by atoms with E-state index in [0.29, 0.717) is 5.84 Å². The van der Waals surface area contributed by atoms with Crippen LogP contribution < -0.4 is 5.32 Å². The Morgan fingerprint density at radius 2 is 1.12 bits per heavy atom. The summed E-state index contributed by atoms with van der Waals surface area (Å²) in [7, 11) is 0. The lowest BCUT2D eigenvalue weighted by Crippen LogP contribution is -2.33. The molecule has 0 radical (unpaired) electrons. The second-order valence-corrected chi connectivity index (χ2v) is 12.6. The molecule has 0 saturated carbocycles. The molecular formula is C45H29N3O. The van der Waals surface area contributed by atoms with Gasteiger partial charge in [-0.3, -0.25) is 0 Å². The summed E-state index contributed by atoms with van der Waals surface area (Å²) < 4.78 is 6.56. The monoisotopic (exact) mass is 627 g/mol. The number of nitrogens with one attached hydrogen (secondary N) is 1. The van der Waals surface area contributed by atoms with Gasteiger partial charge in [-0.1, -0.05) is 133 Å². The van der Waals surface area contributed by atoms with Crippen LogP contribution in [-0.4, -0.2) is 11.7 Å². The molecule has 1 aliphatic heterocycles. The Balaban J connectivity index is 1.08. The van der Waals surface area contributed by atoms with E-state index in [4.69, 9.17) is 14.4 Å². The van der Waals surface area contributed by atoms with Crippen molar-refractivity contribution in [3.05, 3.63) is 180 Å². The molecule has 0 amide bonds. The van der Waals surface area contributed by atoms with Crippen molar-refractivity contribution in [1.29, 1.82) is 0 Å². The number of furan rings is 1. The molecule has 0 spiro atoms. The molecule has 0 bridgehead atoms. The molecule has 1 atom stereocenters. The van der Waals surface area contributed by atoms with Gasteiger partial charge in [-0.25, -0.2) is 9.98 Å². The van der Waals surface area contributed by atoms with Gasteiger partial charge in [0.15, 0.2) is 5.84 Å². The van der Waals surface area contributed by atoms with Gasteiger partial charge in [-0.2, -0.15) is 0 Å². The smallest absolute Gasteiger partial charge is 0.159 e. The zero-order valence-corrected chi connectivity index (χ0v) is 26.5. The second kappa shape index (κ2) is 11.0. The van der Waals surface area contributed by atoms with Crippen molar-refractivity contribution >= 4 is 65.9 Å². The summed E-state index contributed by atoms with van der Waals surface area (Å²) in [6.45, 7) is 0. The molecule has 1 aromatic heterocycles. The number of rotatable bonds is 4. The van der Waals surface area contributed by atoms with Crippen LogP contribution in [0.1, 0.15) is 22.9 Å². The lowest BCUT2D eigenvalue weighted by molar-refractivity contribution is 0.662. The molecule has 0 saturated heterocycles. The summed E-state index contributed by atoms with van der Waals surface area (Å²) in [5.74, 6) is 1.49. The summed E-state index contributed by atoms with van der Waals surface area (Å²) >= 11 is 0. The predicted molar refractivity (Wildman–Crippen MR) is 204 cm³/mol. The Morgan fingerprint density at radius 3 is 2.02 bits per heavy atom. The third-order valence-electron chi connectivity index (χ3n) is 9.70. The van der Waals surface area contributed by atoms with Crippen LogP contribution in [0.3, 0.4) is 0 Å². The number of fused-ring (bicyclic) bond motifs is 7. The summed E-state index contributed by atoms with van der Waals surface area (Å²) in [5.41, 5.74) is 7.01. The van der Waals surface area contributed by atoms with Crippen molar-refractivity contribution in [2.75, 3.05) is 0 Å². The van der Waals surface area contributed by atoms with Gasteiger partial charge >= 0.3 is 0 Å². The molecule has 49 heavy (non-hydrogen) atoms. The average Bonchev–Trinajstić information content (AvgIpc) is 3.56. The molecule has 1 unspecified atom stereocenters. The second-order valence-electron chi connectivity index (χ2n) is 12.6. The molecule has 230 valence electrons. The van der Waals surface area contributed by atoms with E-state index in [1.165, 1.54) is 32.3 Å². The predicted octanol–water partition coefficient (Wildman–Crippen LogP) is 11.2. The van der Waals surface area contributed by atoms with Crippen LogP contribution in [0.15, 0.2) is 178 Å². The molecule has 1 N–H and O–H groups in total. The fraction of sp³-hybridized carbons (Fsp3) is 0.0222. The Hall–Kier alpha value is -6.52. The largest absolute Gasteiger partial charge is 0.456 e. The first-order valence-electron chi connectivity index (χ1n) is 16.6. The van der Waals surface area contributed by atoms with Crippen molar-refractivity contribution in [1.82, 2.24) is 5.32 Å². The number of benzene rings is 8. The van der Waals surface area contributed by atoms with E-state index in [9.17, 15) is 0 Å². The van der Waals surface area contributed by atoms with Gasteiger partial charge in [0.1, 0.15) is 23.2 Å². The van der Waals surface area contributed by atoms with Crippen LogP contribution >= 0.6 is 0 Å². The van der Waals surface area contributed by atoms with Gasteiger partial charge in [-0.15, -0.1) is 0 Å². The van der Waals surface area contributed by atoms with Gasteiger partial charge in [-0.05, 0) is 73.8 Å². The zero-order chi connectivity index (χ0) is 32.3. The fourth-order valence-corrected chi connectivity index (χ4v) is 7.26. The van der Waals surface area contributed by atoms with E-state index in [-0.39, 0.29) is 6.17 Å². The molecule has 4 heteroatoms. The third-order valence-corrected chi connectivity index (χ3v) is 9.70. The molecule has 0 fully saturated rings. The SMILES string of the molecule is c1ccc(C2=NC(c3cccc4oc5cc(-c6ccc7c(ccc8ccccc87)c6)ccc5c34)NC(c3ccc4ccccc4c3)=N2)cc1. The fourth-order valence-electron chi connectivity index (χ4n) is 7.26. The van der Waals surface area contributed by atoms with E-state index in [2.05, 4.69) is 145 Å². The van der Waals surface area contributed by atoms with Crippen LogP contribution in [0.25, 0.3) is 65.4 Å². The first-order valence-corrected chi connectivity index (χ1v) is 16.6. The first-order chi connectivity index (χ1) is 24.2. The highest BCUT2D eigenvalue weighted by molar-refractivity contribution is 6.15. The van der Waals surface area contributed by atoms with E-state index in [1.54, 1.807) is 0 Å². The highest BCUT2D eigenvalue weighted by atomic mass is 16.3. The van der Waals surface area contributed by atoms with Crippen LogP contribution in [-0.2, 0) is 0 Å². The highest BCUT2D eigenvalue weighted by Gasteiger charge is 2.24. The molecule has 0 aliphatic carbocycles. The maximum atomic E-state index is 6.56. The summed E-state index contributed by atoms with van der Waals surface area (Å²) in [6.07, 6.45) is -0.367. The van der Waals surface area contributed by atoms with Crippen molar-refractivity contribution in [2.45, 2.75) is 6.17 Å². The summed E-state index contributed by atoms with van der Waals surface area (Å²) in [4.78, 5) is 10.2. The third kappa shape index (κ3) is 4.68. The molecular weight excluding hydrogens is 599 g/mol. The Morgan fingerprint density at radius 1 is 0.449 bits per heavy atom. The normalized spacial score (nSPS) is 14.7. The Labute approximate surface area is 282 Å². The van der Waals surface area contributed by atoms with Gasteiger partial charge in [0.25, 0.3) is 0 Å². The van der Waals surface area contributed by atoms with E-state index >= 15 is 0 Å². The van der Waals surface area contributed by atoms with E-state index in [0.717, 1.165) is 55.6 Å². The van der Waals surface area contributed by atoms with Crippen molar-refractivity contribution < 1.29 is 4.42 Å². The quantitative estimate of drug-likeness (QED) is 0.197. The van der Waals surface area contributed by atoms with Crippen LogP contribution in [0.2, 0.25) is 0 Å². The molecule has 4 nitrogen and oxygen atoms in total. The molecule has 10 rings (SSSR count). The lowest BCUT2D eigenvalue weighted by Gasteiger charge is -2.24. The minimum atomic E-state index is -0.367. The van der Waals surface area contributed by atoms with Crippen LogP contribution in [0.4, 0.5) is 0 Å².